The Morgan fingerprint density at radius 3 is 2.68 bits per heavy atom. The van der Waals surface area contributed by atoms with Gasteiger partial charge in [0.2, 0.25) is 0 Å². The van der Waals surface area contributed by atoms with Crippen molar-refractivity contribution in [2.75, 3.05) is 7.05 Å². The molecule has 0 saturated carbocycles. The summed E-state index contributed by atoms with van der Waals surface area (Å²) in [4.78, 5) is 14.0. The molecule has 0 unspecified atom stereocenters. The van der Waals surface area contributed by atoms with E-state index < -0.39 is 0 Å². The highest BCUT2D eigenvalue weighted by Gasteiger charge is 2.13. The minimum atomic E-state index is -0.0281. The number of hydrogen-bond donors (Lipinski definition) is 0. The molecule has 2 rings (SSSR count). The third kappa shape index (κ3) is 3.81. The van der Waals surface area contributed by atoms with Crippen molar-refractivity contribution in [2.24, 2.45) is 0 Å². The summed E-state index contributed by atoms with van der Waals surface area (Å²) in [5.41, 5.74) is 1.73. The van der Waals surface area contributed by atoms with Crippen molar-refractivity contribution in [3.8, 4) is 0 Å². The Hall–Kier alpha value is -0.360. The quantitative estimate of drug-likeness (QED) is 0.665. The monoisotopic (exact) mass is 421 g/mol. The van der Waals surface area contributed by atoms with Crippen molar-refractivity contribution < 1.29 is 4.79 Å². The molecule has 0 atom stereocenters. The topological polar surface area (TPSA) is 20.3 Å². The summed E-state index contributed by atoms with van der Waals surface area (Å²) < 4.78 is 1.80. The Labute approximate surface area is 137 Å². The maximum atomic E-state index is 12.3. The molecule has 2 nitrogen and oxygen atoms in total. The van der Waals surface area contributed by atoms with E-state index in [9.17, 15) is 4.79 Å². The number of amides is 1. The number of benzene rings is 1. The lowest BCUT2D eigenvalue weighted by Gasteiger charge is -2.16. The molecular weight excluding hydrogens is 413 g/mol. The van der Waals surface area contributed by atoms with Crippen LogP contribution < -0.4 is 0 Å². The van der Waals surface area contributed by atoms with Crippen LogP contribution in [-0.2, 0) is 6.54 Å². The van der Waals surface area contributed by atoms with Crippen LogP contribution >= 0.6 is 54.8 Å². The summed E-state index contributed by atoms with van der Waals surface area (Å²) in [5.74, 6) is -0.0281. The van der Waals surface area contributed by atoms with Gasteiger partial charge in [0.15, 0.2) is 0 Å². The molecule has 100 valence electrons. The number of nitrogens with zero attached hydrogens (tertiary/aromatic N) is 1. The molecule has 0 aliphatic heterocycles. The van der Waals surface area contributed by atoms with E-state index in [2.05, 4.69) is 31.9 Å². The van der Waals surface area contributed by atoms with Crippen LogP contribution in [0.5, 0.6) is 0 Å². The van der Waals surface area contributed by atoms with Crippen molar-refractivity contribution in [3.05, 3.63) is 54.1 Å². The predicted molar refractivity (Wildman–Crippen MR) is 87.0 cm³/mol. The van der Waals surface area contributed by atoms with Crippen molar-refractivity contribution >= 4 is 60.7 Å². The van der Waals surface area contributed by atoms with Gasteiger partial charge in [0.25, 0.3) is 5.91 Å². The van der Waals surface area contributed by atoms with E-state index in [4.69, 9.17) is 11.6 Å². The molecule has 0 bridgehead atoms. The van der Waals surface area contributed by atoms with Gasteiger partial charge in [-0.3, -0.25) is 4.79 Å². The standard InChI is InChI=1S/C13H10Br2ClNOS/c1-17(6-8-4-12(15)19-7-8)13(18)9-2-3-11(16)10(14)5-9/h2-5,7H,6H2,1H3. The fourth-order valence-corrected chi connectivity index (χ4v) is 3.32. The normalized spacial score (nSPS) is 10.5. The third-order valence-corrected chi connectivity index (χ3v) is 5.32. The van der Waals surface area contributed by atoms with E-state index in [-0.39, 0.29) is 5.91 Å². The summed E-state index contributed by atoms with van der Waals surface area (Å²) in [5, 5.41) is 2.63. The van der Waals surface area contributed by atoms with Gasteiger partial charge >= 0.3 is 0 Å². The smallest absolute Gasteiger partial charge is 0.253 e. The van der Waals surface area contributed by atoms with Crippen LogP contribution in [0.1, 0.15) is 15.9 Å². The lowest BCUT2D eigenvalue weighted by Crippen LogP contribution is -2.25. The van der Waals surface area contributed by atoms with Crippen LogP contribution in [0.4, 0.5) is 0 Å². The maximum absolute atomic E-state index is 12.3. The zero-order valence-corrected chi connectivity index (χ0v) is 14.7. The number of hydrogen-bond acceptors (Lipinski definition) is 2. The molecular formula is C13H10Br2ClNOS. The van der Waals surface area contributed by atoms with E-state index in [0.29, 0.717) is 17.1 Å². The Morgan fingerprint density at radius 1 is 1.37 bits per heavy atom. The zero-order valence-electron chi connectivity index (χ0n) is 9.99. The second-order valence-electron chi connectivity index (χ2n) is 4.05. The molecule has 0 radical (unpaired) electrons. The molecule has 2 aromatic rings. The molecule has 1 amide bonds. The third-order valence-electron chi connectivity index (χ3n) is 2.55. The number of carbonyl (C=O) groups excluding carboxylic acids is 1. The van der Waals surface area contributed by atoms with Crippen molar-refractivity contribution in [1.82, 2.24) is 4.90 Å². The summed E-state index contributed by atoms with van der Waals surface area (Å²) in [7, 11) is 1.79. The number of thiophene rings is 1. The highest BCUT2D eigenvalue weighted by molar-refractivity contribution is 9.11. The lowest BCUT2D eigenvalue weighted by atomic mass is 10.2. The van der Waals surface area contributed by atoms with Gasteiger partial charge in [-0.05, 0) is 67.1 Å². The average Bonchev–Trinajstić information content (AvgIpc) is 2.77. The molecule has 0 saturated heterocycles. The molecule has 1 aromatic carbocycles. The van der Waals surface area contributed by atoms with Gasteiger partial charge in [0.1, 0.15) is 0 Å². The fourth-order valence-electron chi connectivity index (χ4n) is 1.62. The van der Waals surface area contributed by atoms with E-state index in [1.807, 2.05) is 11.4 Å². The summed E-state index contributed by atoms with van der Waals surface area (Å²) in [6.45, 7) is 0.585. The first-order chi connectivity index (χ1) is 8.97. The van der Waals surface area contributed by atoms with Gasteiger partial charge in [-0.15, -0.1) is 11.3 Å². The minimum Gasteiger partial charge on any atom is -0.337 e. The molecule has 0 aliphatic carbocycles. The Balaban J connectivity index is 2.12. The van der Waals surface area contributed by atoms with Crippen LogP contribution in [0.2, 0.25) is 5.02 Å². The van der Waals surface area contributed by atoms with Crippen LogP contribution in [0, 0.1) is 0 Å². The average molecular weight is 424 g/mol. The molecule has 0 spiro atoms. The van der Waals surface area contributed by atoms with E-state index in [1.165, 1.54) is 0 Å². The second-order valence-corrected chi connectivity index (χ2v) is 7.60. The van der Waals surface area contributed by atoms with E-state index >= 15 is 0 Å². The van der Waals surface area contributed by atoms with Crippen LogP contribution in [0.15, 0.2) is 37.9 Å². The molecule has 1 aromatic heterocycles. The van der Waals surface area contributed by atoms with E-state index in [1.54, 1.807) is 41.5 Å². The second kappa shape index (κ2) is 6.39. The van der Waals surface area contributed by atoms with Gasteiger partial charge in [-0.2, -0.15) is 0 Å². The Kier molecular flexibility index (Phi) is 5.06. The Bertz CT molecular complexity index is 614. The first-order valence-electron chi connectivity index (χ1n) is 5.41. The van der Waals surface area contributed by atoms with Crippen LogP contribution in [0.3, 0.4) is 0 Å². The zero-order chi connectivity index (χ0) is 14.0. The molecule has 6 heteroatoms. The van der Waals surface area contributed by atoms with Gasteiger partial charge in [-0.25, -0.2) is 0 Å². The molecule has 0 N–H and O–H groups in total. The SMILES string of the molecule is CN(Cc1csc(Br)c1)C(=O)c1ccc(Cl)c(Br)c1. The maximum Gasteiger partial charge on any atom is 0.253 e. The van der Waals surface area contributed by atoms with Gasteiger partial charge in [0, 0.05) is 23.6 Å². The van der Waals surface area contributed by atoms with E-state index in [0.717, 1.165) is 13.8 Å². The number of rotatable bonds is 3. The fraction of sp³-hybridized carbons (Fsp3) is 0.154. The van der Waals surface area contributed by atoms with Crippen molar-refractivity contribution in [2.45, 2.75) is 6.54 Å². The van der Waals surface area contributed by atoms with Crippen LogP contribution in [-0.4, -0.2) is 17.9 Å². The first-order valence-corrected chi connectivity index (χ1v) is 8.25. The van der Waals surface area contributed by atoms with Gasteiger partial charge < -0.3 is 4.90 Å². The highest BCUT2D eigenvalue weighted by atomic mass is 79.9. The lowest BCUT2D eigenvalue weighted by molar-refractivity contribution is 0.0785. The van der Waals surface area contributed by atoms with Gasteiger partial charge in [-0.1, -0.05) is 11.6 Å². The van der Waals surface area contributed by atoms with Gasteiger partial charge in [0.05, 0.1) is 8.81 Å². The molecule has 0 aliphatic rings. The highest BCUT2D eigenvalue weighted by Crippen LogP contribution is 2.25. The largest absolute Gasteiger partial charge is 0.337 e. The molecule has 1 heterocycles. The van der Waals surface area contributed by atoms with Crippen LogP contribution in [0.25, 0.3) is 0 Å². The minimum absolute atomic E-state index is 0.0281. The number of halogens is 3. The number of carbonyl (C=O) groups is 1. The molecule has 19 heavy (non-hydrogen) atoms. The summed E-state index contributed by atoms with van der Waals surface area (Å²) in [6, 6.07) is 7.21. The molecule has 0 fully saturated rings. The Morgan fingerprint density at radius 2 is 2.11 bits per heavy atom. The first kappa shape index (κ1) is 15.0. The van der Waals surface area contributed by atoms with Crippen molar-refractivity contribution in [1.29, 1.82) is 0 Å². The summed E-state index contributed by atoms with van der Waals surface area (Å²) in [6.07, 6.45) is 0. The predicted octanol–water partition coefficient (Wildman–Crippen LogP) is 5.20. The van der Waals surface area contributed by atoms with Crippen molar-refractivity contribution in [3.63, 3.8) is 0 Å². The summed E-state index contributed by atoms with van der Waals surface area (Å²) >= 11 is 14.3.